The summed E-state index contributed by atoms with van der Waals surface area (Å²) < 4.78 is 223. The van der Waals surface area contributed by atoms with Crippen molar-refractivity contribution in [1.82, 2.24) is 0 Å². The molecule has 0 aliphatic heterocycles. The van der Waals surface area contributed by atoms with Crippen molar-refractivity contribution in [3.8, 4) is 0 Å². The van der Waals surface area contributed by atoms with Crippen LogP contribution >= 0.6 is 0 Å². The van der Waals surface area contributed by atoms with Crippen LogP contribution in [0.4, 0.5) is 65.9 Å². The predicted octanol–water partition coefficient (Wildman–Crippen LogP) is 2.43. The molecule has 0 aromatic carbocycles. The number of alkyl halides is 15. The number of halogens is 15. The molecule has 0 aliphatic carbocycles. The van der Waals surface area contributed by atoms with Gasteiger partial charge in [-0.3, -0.25) is 0 Å². The van der Waals surface area contributed by atoms with E-state index in [-0.39, 0.29) is 18.9 Å². The van der Waals surface area contributed by atoms with Crippen LogP contribution in [0, 0.1) is 0 Å². The van der Waals surface area contributed by atoms with Crippen LogP contribution in [-0.2, 0) is 10.1 Å². The zero-order chi connectivity index (χ0) is 24.8. The van der Waals surface area contributed by atoms with Crippen LogP contribution in [0.5, 0.6) is 0 Å². The third kappa shape index (κ3) is 5.69. The summed E-state index contributed by atoms with van der Waals surface area (Å²) in [6.07, 6.45) is -12.7. The average molecular weight is 512 g/mol. The third-order valence-electron chi connectivity index (χ3n) is 3.52. The van der Waals surface area contributed by atoms with Gasteiger partial charge in [-0.2, -0.15) is 65.9 Å². The molecule has 0 bridgehead atoms. The van der Waals surface area contributed by atoms with E-state index in [0.29, 0.717) is 0 Å². The molecule has 3 nitrogen and oxygen atoms in total. The Bertz CT molecular complexity index is 716. The Hall–Kier alpha value is -0.543. The van der Waals surface area contributed by atoms with Crippen molar-refractivity contribution < 1.29 is 97.7 Å². The Morgan fingerprint density at radius 1 is 0.548 bits per heavy atom. The Labute approximate surface area is 175 Å². The van der Waals surface area contributed by atoms with Crippen molar-refractivity contribution in [2.45, 2.75) is 66.7 Å². The Morgan fingerprint density at radius 3 is 1.19 bits per heavy atom. The molecule has 0 unspecified atom stereocenters. The van der Waals surface area contributed by atoms with Crippen molar-refractivity contribution >= 4 is 10.1 Å². The minimum Gasteiger partial charge on any atom is -0.743 e. The fourth-order valence-corrected chi connectivity index (χ4v) is 2.24. The second-order valence-electron chi connectivity index (χ2n) is 5.80. The van der Waals surface area contributed by atoms with E-state index in [0.717, 1.165) is 0 Å². The van der Waals surface area contributed by atoms with Crippen molar-refractivity contribution in [1.29, 1.82) is 0 Å². The van der Waals surface area contributed by atoms with Crippen LogP contribution in [0.15, 0.2) is 0 Å². The molecule has 0 fully saturated rings. The normalized spacial score (nSPS) is 15.6. The van der Waals surface area contributed by atoms with E-state index in [9.17, 15) is 78.8 Å². The Kier molecular flexibility index (Phi) is 9.48. The van der Waals surface area contributed by atoms with Gasteiger partial charge in [0.05, 0.1) is 0 Å². The van der Waals surface area contributed by atoms with Crippen molar-refractivity contribution in [3.63, 3.8) is 0 Å². The average Bonchev–Trinajstić information content (AvgIpc) is 2.48. The maximum atomic E-state index is 13.3. The molecule has 0 aliphatic rings. The van der Waals surface area contributed by atoms with Crippen LogP contribution in [0.1, 0.15) is 25.7 Å². The van der Waals surface area contributed by atoms with Gasteiger partial charge in [0.1, 0.15) is 0 Å². The van der Waals surface area contributed by atoms with Gasteiger partial charge in [0.15, 0.2) is 10.1 Å². The first-order valence-corrected chi connectivity index (χ1v) is 8.40. The predicted molar refractivity (Wildman–Crippen MR) is 63.9 cm³/mol. The molecule has 0 saturated heterocycles. The van der Waals surface area contributed by atoms with Gasteiger partial charge in [-0.1, -0.05) is 0 Å². The van der Waals surface area contributed by atoms with Crippen molar-refractivity contribution in [2.24, 2.45) is 0 Å². The largest absolute Gasteiger partial charge is 1.00 e. The zero-order valence-corrected chi connectivity index (χ0v) is 15.4. The minimum atomic E-state index is -8.25. The molecule has 31 heavy (non-hydrogen) atoms. The molecule has 0 rings (SSSR count). The van der Waals surface area contributed by atoms with E-state index >= 15 is 0 Å². The first-order chi connectivity index (χ1) is 12.7. The van der Waals surface area contributed by atoms with Gasteiger partial charge < -0.3 is 4.55 Å². The Morgan fingerprint density at radius 2 is 0.871 bits per heavy atom. The first-order valence-electron chi connectivity index (χ1n) is 7.00. The van der Waals surface area contributed by atoms with Crippen LogP contribution in [0.3, 0.4) is 0 Å². The summed E-state index contributed by atoms with van der Waals surface area (Å²) in [5.41, 5.74) is 0. The van der Waals surface area contributed by atoms with Gasteiger partial charge in [-0.25, -0.2) is 8.42 Å². The molecule has 0 aromatic rings. The molecule has 182 valence electrons. The number of unbranched alkanes of at least 4 members (excludes halogenated alkanes) is 1. The fraction of sp³-hybridized carbons (Fsp3) is 1.00. The van der Waals surface area contributed by atoms with Crippen molar-refractivity contribution in [3.05, 3.63) is 0 Å². The molecule has 20 heteroatoms. The summed E-state index contributed by atoms with van der Waals surface area (Å²) >= 11 is 0. The molecule has 0 heterocycles. The van der Waals surface area contributed by atoms with E-state index in [4.69, 9.17) is 0 Å². The molecular weight excluding hydrogens is 504 g/mol. The summed E-state index contributed by atoms with van der Waals surface area (Å²) in [7, 11) is -7.90. The van der Waals surface area contributed by atoms with Crippen molar-refractivity contribution in [2.75, 3.05) is 0 Å². The molecule has 0 spiro atoms. The number of hydrogen-bond acceptors (Lipinski definition) is 3. The molecule has 0 N–H and O–H groups in total. The monoisotopic (exact) mass is 512 g/mol. The third-order valence-corrected chi connectivity index (χ3v) is 4.41. The van der Waals surface area contributed by atoms with E-state index < -0.39 is 76.8 Å². The minimum absolute atomic E-state index is 0. The van der Waals surface area contributed by atoms with Crippen LogP contribution < -0.4 is 18.9 Å². The second kappa shape index (κ2) is 9.01. The topological polar surface area (TPSA) is 57.2 Å². The fourth-order valence-electron chi connectivity index (χ4n) is 1.79. The first kappa shape index (κ1) is 32.6. The summed E-state index contributed by atoms with van der Waals surface area (Å²) in [4.78, 5) is 0. The summed E-state index contributed by atoms with van der Waals surface area (Å²) in [6.45, 7) is 0. The number of hydrogen-bond donors (Lipinski definition) is 0. The maximum absolute atomic E-state index is 13.3. The summed E-state index contributed by atoms with van der Waals surface area (Å²) in [5, 5.41) is -7.65. The SMILES string of the molecule is O=S(=O)([O-])C(F)(F)C(F)(F)C(F)(F)C(F)(F)C(F)(F)C(F)(F)CCCCC(F)(F)F.[Li+]. The Balaban J connectivity index is 0. The quantitative estimate of drug-likeness (QED) is 0.196. The van der Waals surface area contributed by atoms with Gasteiger partial charge in [0, 0.05) is 12.8 Å². The zero-order valence-electron chi connectivity index (χ0n) is 14.6. The van der Waals surface area contributed by atoms with E-state index in [1.54, 1.807) is 0 Å². The van der Waals surface area contributed by atoms with Gasteiger partial charge in [-0.15, -0.1) is 0 Å². The van der Waals surface area contributed by atoms with Gasteiger partial charge in [0.2, 0.25) is 0 Å². The molecule has 0 aromatic heterocycles. The van der Waals surface area contributed by atoms with Gasteiger partial charge in [-0.05, 0) is 12.8 Å². The molecule has 0 atom stereocenters. The maximum Gasteiger partial charge on any atom is 1.00 e. The number of rotatable bonds is 10. The molecule has 0 saturated carbocycles. The second-order valence-corrected chi connectivity index (χ2v) is 7.22. The summed E-state index contributed by atoms with van der Waals surface area (Å²) in [6, 6.07) is 0. The smallest absolute Gasteiger partial charge is 0.743 e. The molecule has 0 amide bonds. The van der Waals surface area contributed by atoms with Crippen LogP contribution in [0.25, 0.3) is 0 Å². The van der Waals surface area contributed by atoms with E-state index in [1.165, 1.54) is 0 Å². The van der Waals surface area contributed by atoms with E-state index in [1.807, 2.05) is 0 Å². The van der Waals surface area contributed by atoms with Gasteiger partial charge in [0.25, 0.3) is 0 Å². The summed E-state index contributed by atoms with van der Waals surface area (Å²) in [5.74, 6) is -38.5. The molecular formula is C11H8F15LiO3S. The van der Waals surface area contributed by atoms with Crippen LogP contribution in [-0.4, -0.2) is 54.0 Å². The van der Waals surface area contributed by atoms with Gasteiger partial charge >= 0.3 is 59.9 Å². The molecule has 0 radical (unpaired) electrons. The van der Waals surface area contributed by atoms with Crippen LogP contribution in [0.2, 0.25) is 0 Å². The van der Waals surface area contributed by atoms with E-state index in [2.05, 4.69) is 0 Å². The standard InChI is InChI=1S/C11H9F15O3S.Li/c12-5(13,3-1-2-4-6(14,15)16)7(17,18)8(19,20)9(21,22)10(23,24)11(25,26)30(27,28)29;/h1-4H2,(H,27,28,29);/q;+1/p-1.